The van der Waals surface area contributed by atoms with E-state index in [9.17, 15) is 14.0 Å². The van der Waals surface area contributed by atoms with E-state index in [1.165, 1.54) is 6.07 Å². The third-order valence-corrected chi connectivity index (χ3v) is 5.33. The highest BCUT2D eigenvalue weighted by molar-refractivity contribution is 6.00. The number of hydrogen-bond acceptors (Lipinski definition) is 3. The molecular formula is C25H24FN5O2. The molecule has 0 bridgehead atoms. The van der Waals surface area contributed by atoms with Crippen LogP contribution in [0.3, 0.4) is 0 Å². The fraction of sp³-hybridized carbons (Fsp3) is 0.160. The van der Waals surface area contributed by atoms with Crippen molar-refractivity contribution in [2.24, 2.45) is 7.05 Å². The summed E-state index contributed by atoms with van der Waals surface area (Å²) < 4.78 is 15.6. The van der Waals surface area contributed by atoms with Gasteiger partial charge in [0.1, 0.15) is 11.6 Å². The number of rotatable bonds is 6. The number of urea groups is 1. The van der Waals surface area contributed by atoms with Gasteiger partial charge in [-0.15, -0.1) is 0 Å². The SMILES string of the molecule is Cc1ccc(C(=O)NCCc2nc3cc(NC(=O)Nc4ccccc4)ccc3n2C)cc1F. The van der Waals surface area contributed by atoms with E-state index in [4.69, 9.17) is 0 Å². The molecule has 0 saturated heterocycles. The molecule has 0 atom stereocenters. The standard InChI is InChI=1S/C25H24FN5O2/c1-16-8-9-17(14-20(16)26)24(32)27-13-12-23-30-21-15-19(10-11-22(21)31(23)2)29-25(33)28-18-6-4-3-5-7-18/h3-11,14-15H,12-13H2,1-2H3,(H,27,32)(H2,28,29,33). The predicted octanol–water partition coefficient (Wildman–Crippen LogP) is 4.64. The summed E-state index contributed by atoms with van der Waals surface area (Å²) in [7, 11) is 1.90. The number of halogens is 1. The Morgan fingerprint density at radius 2 is 1.73 bits per heavy atom. The van der Waals surface area contributed by atoms with E-state index in [1.54, 1.807) is 25.1 Å². The molecule has 168 valence electrons. The molecule has 0 saturated carbocycles. The van der Waals surface area contributed by atoms with Crippen molar-refractivity contribution in [3.63, 3.8) is 0 Å². The molecule has 33 heavy (non-hydrogen) atoms. The number of aryl methyl sites for hydroxylation is 2. The van der Waals surface area contributed by atoms with E-state index in [-0.39, 0.29) is 17.5 Å². The minimum absolute atomic E-state index is 0.285. The lowest BCUT2D eigenvalue weighted by Gasteiger charge is -2.07. The summed E-state index contributed by atoms with van der Waals surface area (Å²) in [6.45, 7) is 2.01. The second-order valence-corrected chi connectivity index (χ2v) is 7.71. The normalized spacial score (nSPS) is 10.8. The van der Waals surface area contributed by atoms with Crippen molar-refractivity contribution >= 4 is 34.3 Å². The van der Waals surface area contributed by atoms with Crippen LogP contribution in [0.25, 0.3) is 11.0 Å². The molecule has 0 fully saturated rings. The van der Waals surface area contributed by atoms with Crippen LogP contribution in [0.15, 0.2) is 66.7 Å². The smallest absolute Gasteiger partial charge is 0.323 e. The number of para-hydroxylation sites is 1. The fourth-order valence-electron chi connectivity index (χ4n) is 3.49. The maximum absolute atomic E-state index is 13.7. The van der Waals surface area contributed by atoms with Crippen molar-refractivity contribution in [1.29, 1.82) is 0 Å². The molecule has 8 heteroatoms. The Morgan fingerprint density at radius 3 is 2.48 bits per heavy atom. The highest BCUT2D eigenvalue weighted by Gasteiger charge is 2.12. The molecule has 4 rings (SSSR count). The third kappa shape index (κ3) is 5.17. The second-order valence-electron chi connectivity index (χ2n) is 7.71. The van der Waals surface area contributed by atoms with Gasteiger partial charge < -0.3 is 20.5 Å². The molecule has 1 aromatic heterocycles. The molecule has 0 spiro atoms. The van der Waals surface area contributed by atoms with Gasteiger partial charge in [-0.05, 0) is 55.0 Å². The molecule has 3 aromatic carbocycles. The minimum Gasteiger partial charge on any atom is -0.352 e. The number of amides is 3. The molecule has 3 N–H and O–H groups in total. The molecule has 7 nitrogen and oxygen atoms in total. The van der Waals surface area contributed by atoms with Crippen LogP contribution in [0, 0.1) is 12.7 Å². The molecule has 1 heterocycles. The minimum atomic E-state index is -0.403. The van der Waals surface area contributed by atoms with Crippen LogP contribution in [0.5, 0.6) is 0 Å². The van der Waals surface area contributed by atoms with Crippen LogP contribution in [0.4, 0.5) is 20.6 Å². The molecule has 0 unspecified atom stereocenters. The Hall–Kier alpha value is -4.20. The summed E-state index contributed by atoms with van der Waals surface area (Å²) in [5.41, 5.74) is 3.75. The average molecular weight is 445 g/mol. The predicted molar refractivity (Wildman–Crippen MR) is 127 cm³/mol. The number of carbonyl (C=O) groups is 2. The van der Waals surface area contributed by atoms with Crippen LogP contribution in [-0.2, 0) is 13.5 Å². The number of anilines is 2. The first-order valence-electron chi connectivity index (χ1n) is 10.5. The van der Waals surface area contributed by atoms with E-state index in [2.05, 4.69) is 20.9 Å². The van der Waals surface area contributed by atoms with Gasteiger partial charge in [0.15, 0.2) is 0 Å². The number of hydrogen-bond donors (Lipinski definition) is 3. The summed E-state index contributed by atoms with van der Waals surface area (Å²) >= 11 is 0. The summed E-state index contributed by atoms with van der Waals surface area (Å²) in [5.74, 6) is 0.0507. The third-order valence-electron chi connectivity index (χ3n) is 5.33. The summed E-state index contributed by atoms with van der Waals surface area (Å²) in [5, 5.41) is 8.39. The Balaban J connectivity index is 1.38. The number of aromatic nitrogens is 2. The van der Waals surface area contributed by atoms with E-state index in [1.807, 2.05) is 54.1 Å². The van der Waals surface area contributed by atoms with Crippen molar-refractivity contribution in [1.82, 2.24) is 14.9 Å². The number of carbonyl (C=O) groups excluding carboxylic acids is 2. The lowest BCUT2D eigenvalue weighted by atomic mass is 10.1. The molecule has 0 aliphatic carbocycles. The number of imidazole rings is 1. The maximum Gasteiger partial charge on any atom is 0.323 e. The molecule has 0 radical (unpaired) electrons. The van der Waals surface area contributed by atoms with Crippen molar-refractivity contribution in [3.05, 3.63) is 89.5 Å². The number of nitrogens with zero attached hydrogens (tertiary/aromatic N) is 2. The van der Waals surface area contributed by atoms with Crippen LogP contribution < -0.4 is 16.0 Å². The molecule has 0 aliphatic rings. The van der Waals surface area contributed by atoms with Crippen molar-refractivity contribution in [2.75, 3.05) is 17.2 Å². The van der Waals surface area contributed by atoms with Crippen molar-refractivity contribution < 1.29 is 14.0 Å². The van der Waals surface area contributed by atoms with Crippen molar-refractivity contribution in [3.8, 4) is 0 Å². The van der Waals surface area contributed by atoms with Gasteiger partial charge in [-0.3, -0.25) is 4.79 Å². The van der Waals surface area contributed by atoms with E-state index in [0.29, 0.717) is 29.9 Å². The van der Waals surface area contributed by atoms with Crippen LogP contribution in [0.1, 0.15) is 21.7 Å². The fourth-order valence-corrected chi connectivity index (χ4v) is 3.49. The van der Waals surface area contributed by atoms with Gasteiger partial charge in [0, 0.05) is 37.0 Å². The quantitative estimate of drug-likeness (QED) is 0.404. The van der Waals surface area contributed by atoms with Gasteiger partial charge in [-0.25, -0.2) is 14.2 Å². The van der Waals surface area contributed by atoms with Gasteiger partial charge in [0.2, 0.25) is 0 Å². The zero-order valence-corrected chi connectivity index (χ0v) is 18.4. The summed E-state index contributed by atoms with van der Waals surface area (Å²) in [6, 6.07) is 18.8. The lowest BCUT2D eigenvalue weighted by molar-refractivity contribution is 0.0953. The zero-order chi connectivity index (χ0) is 23.4. The first-order valence-corrected chi connectivity index (χ1v) is 10.5. The first kappa shape index (κ1) is 22.0. The van der Waals surface area contributed by atoms with Gasteiger partial charge in [0.05, 0.1) is 11.0 Å². The lowest BCUT2D eigenvalue weighted by Crippen LogP contribution is -2.26. The van der Waals surface area contributed by atoms with E-state index >= 15 is 0 Å². The van der Waals surface area contributed by atoms with E-state index in [0.717, 1.165) is 16.9 Å². The molecule has 3 amide bonds. The highest BCUT2D eigenvalue weighted by atomic mass is 19.1. The molecular weight excluding hydrogens is 421 g/mol. The zero-order valence-electron chi connectivity index (χ0n) is 18.4. The van der Waals surface area contributed by atoms with Crippen LogP contribution in [0.2, 0.25) is 0 Å². The van der Waals surface area contributed by atoms with Crippen LogP contribution >= 0.6 is 0 Å². The monoisotopic (exact) mass is 445 g/mol. The molecule has 4 aromatic rings. The van der Waals surface area contributed by atoms with Crippen molar-refractivity contribution in [2.45, 2.75) is 13.3 Å². The summed E-state index contributed by atoms with van der Waals surface area (Å²) in [6.07, 6.45) is 0.502. The number of benzene rings is 3. The largest absolute Gasteiger partial charge is 0.352 e. The van der Waals surface area contributed by atoms with Gasteiger partial charge >= 0.3 is 6.03 Å². The Kier molecular flexibility index (Phi) is 6.35. The average Bonchev–Trinajstić information content (AvgIpc) is 3.11. The second kappa shape index (κ2) is 9.52. The maximum atomic E-state index is 13.7. The Morgan fingerprint density at radius 1 is 0.970 bits per heavy atom. The number of fused-ring (bicyclic) bond motifs is 1. The van der Waals surface area contributed by atoms with Gasteiger partial charge in [-0.2, -0.15) is 0 Å². The highest BCUT2D eigenvalue weighted by Crippen LogP contribution is 2.20. The topological polar surface area (TPSA) is 88.1 Å². The molecule has 0 aliphatic heterocycles. The van der Waals surface area contributed by atoms with Gasteiger partial charge in [-0.1, -0.05) is 24.3 Å². The number of nitrogens with one attached hydrogen (secondary N) is 3. The summed E-state index contributed by atoms with van der Waals surface area (Å²) in [4.78, 5) is 29.2. The first-order chi connectivity index (χ1) is 15.9. The Labute approximate surface area is 190 Å². The Bertz CT molecular complexity index is 1320. The van der Waals surface area contributed by atoms with Gasteiger partial charge in [0.25, 0.3) is 5.91 Å². The van der Waals surface area contributed by atoms with Crippen LogP contribution in [-0.4, -0.2) is 28.0 Å². The van der Waals surface area contributed by atoms with E-state index < -0.39 is 5.82 Å².